The Morgan fingerprint density at radius 1 is 0.971 bits per heavy atom. The molecule has 0 aliphatic carbocycles. The van der Waals surface area contributed by atoms with Crippen LogP contribution in [0.15, 0.2) is 71.9 Å². The number of benzene rings is 2. The Bertz CT molecular complexity index is 1270. The average Bonchev–Trinajstić information content (AvgIpc) is 2.88. The normalized spacial score (nSPS) is 22.7. The number of carbonyl (C=O) groups is 1. The number of nitrogens with zero attached hydrogens (tertiary/aromatic N) is 3. The predicted octanol–water partition coefficient (Wildman–Crippen LogP) is 3.07. The van der Waals surface area contributed by atoms with E-state index in [1.807, 2.05) is 49.4 Å². The smallest absolute Gasteiger partial charge is 0.243 e. The molecule has 3 heterocycles. The fraction of sp³-hybridized carbons (Fsp3) is 0.385. The first-order chi connectivity index (χ1) is 16.4. The Kier molecular flexibility index (Phi) is 6.38. The summed E-state index contributed by atoms with van der Waals surface area (Å²) in [5.41, 5.74) is 1.11. The number of piperazine rings is 1. The van der Waals surface area contributed by atoms with Crippen LogP contribution < -0.4 is 10.2 Å². The third-order valence-electron chi connectivity index (χ3n) is 7.13. The number of piperidine rings is 1. The summed E-state index contributed by atoms with van der Waals surface area (Å²) < 4.78 is 28.9. The summed E-state index contributed by atoms with van der Waals surface area (Å²) in [5.74, 6) is -0.127. The highest BCUT2D eigenvalue weighted by Gasteiger charge is 2.44. The van der Waals surface area contributed by atoms with Gasteiger partial charge >= 0.3 is 0 Å². The number of hydrogen-bond acceptors (Lipinski definition) is 6. The largest absolute Gasteiger partial charge is 0.371 e. The summed E-state index contributed by atoms with van der Waals surface area (Å²) in [7, 11) is -3.82. The zero-order chi connectivity index (χ0) is 23.7. The Balaban J connectivity index is 1.37. The highest BCUT2D eigenvalue weighted by molar-refractivity contribution is 7.89. The number of fused-ring (bicyclic) bond motifs is 1. The minimum Gasteiger partial charge on any atom is -0.371 e. The van der Waals surface area contributed by atoms with Gasteiger partial charge in [-0.15, -0.1) is 0 Å². The lowest BCUT2D eigenvalue weighted by molar-refractivity contribution is -0.128. The van der Waals surface area contributed by atoms with Crippen molar-refractivity contribution in [2.75, 3.05) is 31.1 Å². The van der Waals surface area contributed by atoms with Crippen LogP contribution in [0.1, 0.15) is 19.8 Å². The maximum absolute atomic E-state index is 13.7. The second-order valence-electron chi connectivity index (χ2n) is 9.18. The molecule has 8 heteroatoms. The van der Waals surface area contributed by atoms with Gasteiger partial charge in [-0.1, -0.05) is 30.3 Å². The summed E-state index contributed by atoms with van der Waals surface area (Å²) in [5, 5.41) is 5.19. The highest BCUT2D eigenvalue weighted by atomic mass is 32.2. The molecule has 0 amide bonds. The predicted molar refractivity (Wildman–Crippen MR) is 133 cm³/mol. The van der Waals surface area contributed by atoms with Crippen LogP contribution in [0.3, 0.4) is 0 Å². The van der Waals surface area contributed by atoms with Crippen molar-refractivity contribution in [2.45, 2.75) is 36.7 Å². The molecule has 0 bridgehead atoms. The number of anilines is 1. The van der Waals surface area contributed by atoms with Crippen LogP contribution in [0.5, 0.6) is 0 Å². The molecule has 2 aliphatic heterocycles. The van der Waals surface area contributed by atoms with Gasteiger partial charge < -0.3 is 10.2 Å². The van der Waals surface area contributed by atoms with Gasteiger partial charge in [0.05, 0.1) is 10.9 Å². The molecule has 178 valence electrons. The third-order valence-corrected chi connectivity index (χ3v) is 9.00. The molecule has 2 saturated heterocycles. The summed E-state index contributed by atoms with van der Waals surface area (Å²) in [4.78, 5) is 20.3. The van der Waals surface area contributed by atoms with Gasteiger partial charge in [-0.2, -0.15) is 4.31 Å². The lowest BCUT2D eigenvalue weighted by atomic mass is 9.86. The molecular weight excluding hydrogens is 448 g/mol. The van der Waals surface area contributed by atoms with E-state index in [1.165, 1.54) is 4.31 Å². The van der Waals surface area contributed by atoms with Crippen LogP contribution in [0, 0.1) is 5.92 Å². The summed E-state index contributed by atoms with van der Waals surface area (Å²) in [6.45, 7) is 4.26. The number of nitrogens with one attached hydrogen (secondary N) is 1. The van der Waals surface area contributed by atoms with E-state index in [9.17, 15) is 13.2 Å². The van der Waals surface area contributed by atoms with E-state index < -0.39 is 16.1 Å². The summed E-state index contributed by atoms with van der Waals surface area (Å²) in [6, 6.07) is 15.9. The molecule has 0 radical (unpaired) electrons. The Hall–Kier alpha value is -2.81. The number of carbonyl (C=O) groups excluding carboxylic acids is 1. The molecule has 1 N–H and O–H groups in total. The number of aromatic nitrogens is 1. The monoisotopic (exact) mass is 478 g/mol. The number of rotatable bonds is 5. The fourth-order valence-electron chi connectivity index (χ4n) is 5.24. The fourth-order valence-corrected chi connectivity index (χ4v) is 6.95. The van der Waals surface area contributed by atoms with Gasteiger partial charge in [-0.25, -0.2) is 8.42 Å². The Labute approximate surface area is 200 Å². The van der Waals surface area contributed by atoms with Gasteiger partial charge in [0.2, 0.25) is 10.0 Å². The molecule has 0 spiro atoms. The molecule has 2 aliphatic rings. The summed E-state index contributed by atoms with van der Waals surface area (Å²) in [6.07, 6.45) is 4.98. The van der Waals surface area contributed by atoms with Crippen molar-refractivity contribution in [3.05, 3.63) is 67.0 Å². The van der Waals surface area contributed by atoms with Crippen LogP contribution >= 0.6 is 0 Å². The van der Waals surface area contributed by atoms with Crippen molar-refractivity contribution in [1.29, 1.82) is 0 Å². The Morgan fingerprint density at radius 2 is 1.68 bits per heavy atom. The second kappa shape index (κ2) is 9.44. The van der Waals surface area contributed by atoms with E-state index >= 15 is 0 Å². The van der Waals surface area contributed by atoms with Crippen molar-refractivity contribution < 1.29 is 13.2 Å². The van der Waals surface area contributed by atoms with Gasteiger partial charge in [-0.05, 0) is 54.8 Å². The van der Waals surface area contributed by atoms with Gasteiger partial charge in [0, 0.05) is 56.2 Å². The number of ketones is 1. The zero-order valence-corrected chi connectivity index (χ0v) is 20.1. The molecule has 5 rings (SSSR count). The number of sulfonamides is 1. The van der Waals surface area contributed by atoms with Gasteiger partial charge in [0.15, 0.2) is 5.78 Å². The van der Waals surface area contributed by atoms with Crippen molar-refractivity contribution >= 4 is 32.3 Å². The van der Waals surface area contributed by atoms with E-state index in [0.717, 1.165) is 29.5 Å². The number of pyridine rings is 1. The maximum Gasteiger partial charge on any atom is 0.243 e. The molecule has 3 aromatic rings. The topological polar surface area (TPSA) is 82.6 Å². The quantitative estimate of drug-likeness (QED) is 0.607. The zero-order valence-electron chi connectivity index (χ0n) is 19.3. The lowest BCUT2D eigenvalue weighted by Gasteiger charge is -2.41. The minimum absolute atomic E-state index is 0.0263. The van der Waals surface area contributed by atoms with E-state index in [1.54, 1.807) is 24.5 Å². The van der Waals surface area contributed by atoms with Crippen molar-refractivity contribution in [3.63, 3.8) is 0 Å². The Morgan fingerprint density at radius 3 is 2.41 bits per heavy atom. The molecule has 2 unspecified atom stereocenters. The van der Waals surface area contributed by atoms with E-state index in [-0.39, 0.29) is 29.2 Å². The SMILES string of the molecule is CC1NCCN(S(=O)(=O)c2ccc3ccccc3c2)C1C(=O)C1CCN(c2ccncc2)CC1. The molecule has 34 heavy (non-hydrogen) atoms. The van der Waals surface area contributed by atoms with Crippen LogP contribution in [0.4, 0.5) is 5.69 Å². The molecular formula is C26H30N4O3S. The highest BCUT2D eigenvalue weighted by Crippen LogP contribution is 2.30. The van der Waals surface area contributed by atoms with E-state index in [0.29, 0.717) is 19.4 Å². The molecule has 0 saturated carbocycles. The lowest BCUT2D eigenvalue weighted by Crippen LogP contribution is -2.62. The number of Topliss-reactive ketones (excluding diaryl/α,β-unsaturated/α-hetero) is 1. The first-order valence-corrected chi connectivity index (χ1v) is 13.3. The minimum atomic E-state index is -3.82. The third kappa shape index (κ3) is 4.33. The molecule has 2 aromatic carbocycles. The standard InChI is InChI=1S/C26H30N4O3S/c1-19-25(26(31)21-10-15-29(16-11-21)23-8-12-27-13-9-23)30(17-14-28-19)34(32,33)24-7-6-20-4-2-3-5-22(20)18-24/h2-9,12-13,18-19,21,25,28H,10-11,14-17H2,1H3. The number of hydrogen-bond donors (Lipinski definition) is 1. The molecule has 2 atom stereocenters. The van der Waals surface area contributed by atoms with Gasteiger partial charge in [0.25, 0.3) is 0 Å². The maximum atomic E-state index is 13.7. The second-order valence-corrected chi connectivity index (χ2v) is 11.1. The van der Waals surface area contributed by atoms with Gasteiger partial charge in [-0.3, -0.25) is 9.78 Å². The van der Waals surface area contributed by atoms with Crippen LogP contribution in [0.25, 0.3) is 10.8 Å². The summed E-state index contributed by atoms with van der Waals surface area (Å²) >= 11 is 0. The van der Waals surface area contributed by atoms with Crippen molar-refractivity contribution in [1.82, 2.24) is 14.6 Å². The van der Waals surface area contributed by atoms with E-state index in [2.05, 4.69) is 15.2 Å². The van der Waals surface area contributed by atoms with E-state index in [4.69, 9.17) is 0 Å². The first kappa shape index (κ1) is 23.0. The van der Waals surface area contributed by atoms with Crippen LogP contribution in [-0.2, 0) is 14.8 Å². The molecule has 7 nitrogen and oxygen atoms in total. The van der Waals surface area contributed by atoms with Crippen molar-refractivity contribution in [2.24, 2.45) is 5.92 Å². The molecule has 1 aromatic heterocycles. The average molecular weight is 479 g/mol. The first-order valence-electron chi connectivity index (χ1n) is 11.9. The van der Waals surface area contributed by atoms with Crippen LogP contribution in [0.2, 0.25) is 0 Å². The molecule has 2 fully saturated rings. The van der Waals surface area contributed by atoms with Gasteiger partial charge in [0.1, 0.15) is 0 Å². The van der Waals surface area contributed by atoms with Crippen molar-refractivity contribution in [3.8, 4) is 0 Å². The van der Waals surface area contributed by atoms with Crippen LogP contribution in [-0.4, -0.2) is 61.8 Å².